The van der Waals surface area contributed by atoms with Crippen molar-refractivity contribution in [2.75, 3.05) is 0 Å². The predicted octanol–water partition coefficient (Wildman–Crippen LogP) is 4.24. The van der Waals surface area contributed by atoms with E-state index in [0.29, 0.717) is 12.1 Å². The Morgan fingerprint density at radius 1 is 0.591 bits per heavy atom. The van der Waals surface area contributed by atoms with E-state index < -0.39 is 67.9 Å². The zero-order valence-electron chi connectivity index (χ0n) is 10.3. The second-order valence-electron chi connectivity index (χ2n) is 4.52. The van der Waals surface area contributed by atoms with Gasteiger partial charge in [-0.3, -0.25) is 0 Å². The number of halogens is 6. The number of hydrogen-bond donors (Lipinski definition) is 2. The molecule has 0 fully saturated rings. The first kappa shape index (κ1) is 14.3. The highest BCUT2D eigenvalue weighted by molar-refractivity contribution is 6.03. The lowest BCUT2D eigenvalue weighted by Crippen LogP contribution is -1.98. The summed E-state index contributed by atoms with van der Waals surface area (Å²) in [6, 6.07) is 1.13. The zero-order chi connectivity index (χ0) is 16.3. The fraction of sp³-hybridized carbons (Fsp3) is 0. The Labute approximate surface area is 117 Å². The standard InChI is InChI=1S/C14H4F6O2/c15-5-2-3-1-4-7(9(17)6(3)10(18)8(5)16)11(19)12(20)14(22)13(4)21/h1-2,21-22H. The van der Waals surface area contributed by atoms with E-state index in [2.05, 4.69) is 0 Å². The molecule has 2 nitrogen and oxygen atoms in total. The monoisotopic (exact) mass is 318 g/mol. The minimum absolute atomic E-state index is 0.425. The second kappa shape index (κ2) is 4.43. The third kappa shape index (κ3) is 1.63. The summed E-state index contributed by atoms with van der Waals surface area (Å²) < 4.78 is 81.4. The number of rotatable bonds is 0. The Morgan fingerprint density at radius 3 is 1.82 bits per heavy atom. The van der Waals surface area contributed by atoms with Gasteiger partial charge in [-0.1, -0.05) is 0 Å². The molecule has 0 atom stereocenters. The number of hydrogen-bond acceptors (Lipinski definition) is 2. The SMILES string of the molecule is Oc1c(F)c(F)c2c(F)c3c(F)c(F)c(F)cc3cc2c1O. The van der Waals surface area contributed by atoms with Gasteiger partial charge in [0, 0.05) is 5.39 Å². The molecule has 0 spiro atoms. The van der Waals surface area contributed by atoms with Crippen LogP contribution in [0, 0.1) is 34.9 Å². The molecule has 0 saturated carbocycles. The van der Waals surface area contributed by atoms with Crippen molar-refractivity contribution in [2.45, 2.75) is 0 Å². The van der Waals surface area contributed by atoms with Gasteiger partial charge in [-0.2, -0.15) is 4.39 Å². The van der Waals surface area contributed by atoms with Crippen molar-refractivity contribution in [3.8, 4) is 11.5 Å². The van der Waals surface area contributed by atoms with E-state index in [4.69, 9.17) is 0 Å². The first-order valence-corrected chi connectivity index (χ1v) is 5.74. The summed E-state index contributed by atoms with van der Waals surface area (Å²) in [6.07, 6.45) is 0. The van der Waals surface area contributed by atoms with E-state index >= 15 is 0 Å². The topological polar surface area (TPSA) is 40.5 Å². The van der Waals surface area contributed by atoms with Crippen LogP contribution in [-0.2, 0) is 0 Å². The Bertz CT molecular complexity index is 968. The van der Waals surface area contributed by atoms with Gasteiger partial charge in [0.1, 0.15) is 5.82 Å². The molecule has 0 saturated heterocycles. The molecule has 3 rings (SSSR count). The van der Waals surface area contributed by atoms with Crippen molar-refractivity contribution in [3.63, 3.8) is 0 Å². The molecule has 3 aromatic carbocycles. The summed E-state index contributed by atoms with van der Waals surface area (Å²) in [5.74, 6) is -13.8. The highest BCUT2D eigenvalue weighted by Gasteiger charge is 2.26. The van der Waals surface area contributed by atoms with E-state index in [9.17, 15) is 36.6 Å². The molecule has 0 aliphatic heterocycles. The lowest BCUT2D eigenvalue weighted by atomic mass is 10.00. The average Bonchev–Trinajstić information content (AvgIpc) is 2.48. The maximum Gasteiger partial charge on any atom is 0.205 e. The van der Waals surface area contributed by atoms with Crippen LogP contribution in [0.1, 0.15) is 0 Å². The molecule has 0 amide bonds. The molecule has 0 aromatic heterocycles. The molecule has 2 N–H and O–H groups in total. The maximum absolute atomic E-state index is 14.3. The van der Waals surface area contributed by atoms with Crippen molar-refractivity contribution in [3.05, 3.63) is 47.0 Å². The first-order chi connectivity index (χ1) is 10.3. The van der Waals surface area contributed by atoms with Gasteiger partial charge >= 0.3 is 0 Å². The summed E-state index contributed by atoms with van der Waals surface area (Å²) in [5.41, 5.74) is 0. The third-order valence-corrected chi connectivity index (χ3v) is 3.30. The summed E-state index contributed by atoms with van der Waals surface area (Å²) in [6.45, 7) is 0. The van der Waals surface area contributed by atoms with Gasteiger partial charge in [0.2, 0.25) is 5.82 Å². The zero-order valence-corrected chi connectivity index (χ0v) is 10.3. The lowest BCUT2D eigenvalue weighted by Gasteiger charge is -2.11. The van der Waals surface area contributed by atoms with Gasteiger partial charge in [-0.25, -0.2) is 22.0 Å². The molecule has 0 unspecified atom stereocenters. The first-order valence-electron chi connectivity index (χ1n) is 5.74. The van der Waals surface area contributed by atoms with E-state index in [1.165, 1.54) is 0 Å². The summed E-state index contributed by atoms with van der Waals surface area (Å²) in [7, 11) is 0. The summed E-state index contributed by atoms with van der Waals surface area (Å²) in [4.78, 5) is 0. The van der Waals surface area contributed by atoms with Crippen molar-refractivity contribution in [2.24, 2.45) is 0 Å². The Balaban J connectivity index is 2.68. The van der Waals surface area contributed by atoms with E-state index in [-0.39, 0.29) is 0 Å². The van der Waals surface area contributed by atoms with Gasteiger partial charge in [-0.15, -0.1) is 0 Å². The van der Waals surface area contributed by atoms with Crippen LogP contribution in [0.15, 0.2) is 12.1 Å². The van der Waals surface area contributed by atoms with E-state index in [1.807, 2.05) is 0 Å². The highest BCUT2D eigenvalue weighted by Crippen LogP contribution is 2.42. The quantitative estimate of drug-likeness (QED) is 0.282. The minimum Gasteiger partial charge on any atom is -0.504 e. The molecule has 0 aliphatic carbocycles. The molecule has 0 heterocycles. The van der Waals surface area contributed by atoms with Crippen molar-refractivity contribution in [1.29, 1.82) is 0 Å². The number of benzene rings is 3. The number of phenolic OH excluding ortho intramolecular Hbond substituents is 2. The van der Waals surface area contributed by atoms with Crippen LogP contribution in [0.25, 0.3) is 21.5 Å². The van der Waals surface area contributed by atoms with Crippen LogP contribution in [0.4, 0.5) is 26.3 Å². The summed E-state index contributed by atoms with van der Waals surface area (Å²) >= 11 is 0. The smallest absolute Gasteiger partial charge is 0.205 e. The molecule has 114 valence electrons. The van der Waals surface area contributed by atoms with Crippen LogP contribution in [0.3, 0.4) is 0 Å². The van der Waals surface area contributed by atoms with Gasteiger partial charge in [0.25, 0.3) is 0 Å². The Kier molecular flexibility index (Phi) is 2.88. The van der Waals surface area contributed by atoms with Crippen LogP contribution < -0.4 is 0 Å². The van der Waals surface area contributed by atoms with Gasteiger partial charge in [-0.05, 0) is 17.5 Å². The van der Waals surface area contributed by atoms with Crippen LogP contribution in [-0.4, -0.2) is 10.2 Å². The fourth-order valence-electron chi connectivity index (χ4n) is 2.27. The molecule has 22 heavy (non-hydrogen) atoms. The normalized spacial score (nSPS) is 11.5. The average molecular weight is 318 g/mol. The molecule has 0 radical (unpaired) electrons. The minimum atomic E-state index is -1.98. The Hall–Kier alpha value is -2.64. The largest absolute Gasteiger partial charge is 0.504 e. The lowest BCUT2D eigenvalue weighted by molar-refractivity contribution is 0.369. The number of fused-ring (bicyclic) bond motifs is 2. The Morgan fingerprint density at radius 2 is 1.18 bits per heavy atom. The highest BCUT2D eigenvalue weighted by atomic mass is 19.2. The fourth-order valence-corrected chi connectivity index (χ4v) is 2.27. The van der Waals surface area contributed by atoms with E-state index in [1.54, 1.807) is 0 Å². The second-order valence-corrected chi connectivity index (χ2v) is 4.52. The van der Waals surface area contributed by atoms with Crippen molar-refractivity contribution in [1.82, 2.24) is 0 Å². The van der Waals surface area contributed by atoms with Crippen LogP contribution in [0.2, 0.25) is 0 Å². The molecule has 0 bridgehead atoms. The van der Waals surface area contributed by atoms with Crippen molar-refractivity contribution < 1.29 is 36.6 Å². The molecular weight excluding hydrogens is 314 g/mol. The maximum atomic E-state index is 14.3. The molecule has 8 heteroatoms. The number of phenols is 2. The van der Waals surface area contributed by atoms with Gasteiger partial charge in [0.05, 0.1) is 10.8 Å². The molecule has 3 aromatic rings. The van der Waals surface area contributed by atoms with E-state index in [0.717, 1.165) is 0 Å². The molecule has 0 aliphatic rings. The van der Waals surface area contributed by atoms with Crippen molar-refractivity contribution >= 4 is 21.5 Å². The van der Waals surface area contributed by atoms with Gasteiger partial charge < -0.3 is 10.2 Å². The predicted molar refractivity (Wildman–Crippen MR) is 64.5 cm³/mol. The molecular formula is C14H4F6O2. The third-order valence-electron chi connectivity index (χ3n) is 3.30. The van der Waals surface area contributed by atoms with Crippen LogP contribution in [0.5, 0.6) is 11.5 Å². The van der Waals surface area contributed by atoms with Crippen LogP contribution >= 0.6 is 0 Å². The van der Waals surface area contributed by atoms with Gasteiger partial charge in [0.15, 0.2) is 34.8 Å². The summed E-state index contributed by atoms with van der Waals surface area (Å²) in [5, 5.41) is 15.2. The number of aromatic hydroxyl groups is 2.